The van der Waals surface area contributed by atoms with Crippen molar-refractivity contribution in [3.63, 3.8) is 0 Å². The van der Waals surface area contributed by atoms with Gasteiger partial charge in [0.25, 0.3) is 0 Å². The van der Waals surface area contributed by atoms with Gasteiger partial charge in [0.15, 0.2) is 0 Å². The van der Waals surface area contributed by atoms with E-state index in [0.29, 0.717) is 0 Å². The lowest BCUT2D eigenvalue weighted by Crippen LogP contribution is -2.33. The predicted octanol–water partition coefficient (Wildman–Crippen LogP) is 2.32. The summed E-state index contributed by atoms with van der Waals surface area (Å²) in [5.41, 5.74) is 0. The van der Waals surface area contributed by atoms with Gasteiger partial charge >= 0.3 is 0 Å². The maximum atomic E-state index is 3.40. The van der Waals surface area contributed by atoms with Crippen molar-refractivity contribution in [3.05, 3.63) is 22.4 Å². The molecular formula is C12H20N2S. The Balaban J connectivity index is 1.78. The number of hydrogen-bond donors (Lipinski definition) is 1. The van der Waals surface area contributed by atoms with Gasteiger partial charge in [0.2, 0.25) is 0 Å². The van der Waals surface area contributed by atoms with Crippen LogP contribution >= 0.6 is 11.3 Å². The lowest BCUT2D eigenvalue weighted by Gasteiger charge is -2.21. The fraction of sp³-hybridized carbons (Fsp3) is 0.667. The summed E-state index contributed by atoms with van der Waals surface area (Å²) in [6.07, 6.45) is 2.80. The standard InChI is InChI=1S/C12H20N2S/c1-2-13-7-8-14(11-5-6-11)10-12-4-3-9-15-12/h3-4,9,11,13H,2,5-8,10H2,1H3. The van der Waals surface area contributed by atoms with E-state index in [1.807, 2.05) is 11.3 Å². The molecule has 0 saturated heterocycles. The molecule has 0 spiro atoms. The van der Waals surface area contributed by atoms with Crippen LogP contribution in [0.3, 0.4) is 0 Å². The second-order valence-electron chi connectivity index (χ2n) is 4.13. The Morgan fingerprint density at radius 3 is 3.00 bits per heavy atom. The Kier molecular flexibility index (Phi) is 4.18. The van der Waals surface area contributed by atoms with Gasteiger partial charge in [-0.1, -0.05) is 13.0 Å². The third kappa shape index (κ3) is 3.59. The van der Waals surface area contributed by atoms with Crippen molar-refractivity contribution < 1.29 is 0 Å². The third-order valence-corrected chi connectivity index (χ3v) is 3.69. The number of nitrogens with one attached hydrogen (secondary N) is 1. The van der Waals surface area contributed by atoms with Crippen molar-refractivity contribution in [2.75, 3.05) is 19.6 Å². The molecule has 0 aliphatic heterocycles. The van der Waals surface area contributed by atoms with Gasteiger partial charge in [-0.15, -0.1) is 11.3 Å². The summed E-state index contributed by atoms with van der Waals surface area (Å²) >= 11 is 1.87. The summed E-state index contributed by atoms with van der Waals surface area (Å²) in [5, 5.41) is 5.57. The average Bonchev–Trinajstić information content (AvgIpc) is 2.97. The van der Waals surface area contributed by atoms with Crippen molar-refractivity contribution in [1.29, 1.82) is 0 Å². The third-order valence-electron chi connectivity index (χ3n) is 2.83. The average molecular weight is 224 g/mol. The van der Waals surface area contributed by atoms with Gasteiger partial charge in [0.05, 0.1) is 0 Å². The molecule has 1 aromatic rings. The lowest BCUT2D eigenvalue weighted by molar-refractivity contribution is 0.257. The van der Waals surface area contributed by atoms with Gasteiger partial charge in [-0.2, -0.15) is 0 Å². The summed E-state index contributed by atoms with van der Waals surface area (Å²) in [6, 6.07) is 5.26. The maximum absolute atomic E-state index is 3.40. The molecule has 0 atom stereocenters. The molecule has 2 nitrogen and oxygen atoms in total. The highest BCUT2D eigenvalue weighted by Crippen LogP contribution is 2.28. The van der Waals surface area contributed by atoms with E-state index in [4.69, 9.17) is 0 Å². The van der Waals surface area contributed by atoms with E-state index in [1.165, 1.54) is 24.3 Å². The molecule has 0 aromatic carbocycles. The second-order valence-corrected chi connectivity index (χ2v) is 5.17. The zero-order chi connectivity index (χ0) is 10.5. The number of nitrogens with zero attached hydrogens (tertiary/aromatic N) is 1. The summed E-state index contributed by atoms with van der Waals surface area (Å²) in [7, 11) is 0. The largest absolute Gasteiger partial charge is 0.316 e. The van der Waals surface area contributed by atoms with E-state index in [-0.39, 0.29) is 0 Å². The first-order valence-electron chi connectivity index (χ1n) is 5.87. The van der Waals surface area contributed by atoms with Crippen molar-refractivity contribution in [1.82, 2.24) is 10.2 Å². The Morgan fingerprint density at radius 2 is 2.40 bits per heavy atom. The first-order valence-corrected chi connectivity index (χ1v) is 6.75. The fourth-order valence-electron chi connectivity index (χ4n) is 1.83. The molecule has 1 aromatic heterocycles. The molecule has 84 valence electrons. The molecule has 1 saturated carbocycles. The van der Waals surface area contributed by atoms with Crippen molar-refractivity contribution in [3.8, 4) is 0 Å². The van der Waals surface area contributed by atoms with Crippen molar-refractivity contribution in [2.45, 2.75) is 32.4 Å². The Morgan fingerprint density at radius 1 is 1.53 bits per heavy atom. The van der Waals surface area contributed by atoms with Crippen LogP contribution in [0.1, 0.15) is 24.6 Å². The molecule has 1 aliphatic rings. The molecule has 3 heteroatoms. The van der Waals surface area contributed by atoms with Gasteiger partial charge in [-0.05, 0) is 30.8 Å². The van der Waals surface area contributed by atoms with E-state index < -0.39 is 0 Å². The normalized spacial score (nSPS) is 16.1. The van der Waals surface area contributed by atoms with Gasteiger partial charge in [0, 0.05) is 30.6 Å². The molecule has 1 heterocycles. The number of hydrogen-bond acceptors (Lipinski definition) is 3. The molecule has 1 N–H and O–H groups in total. The predicted molar refractivity (Wildman–Crippen MR) is 66.3 cm³/mol. The maximum Gasteiger partial charge on any atom is 0.0331 e. The van der Waals surface area contributed by atoms with Crippen LogP contribution < -0.4 is 5.32 Å². The van der Waals surface area contributed by atoms with Crippen LogP contribution in [-0.2, 0) is 6.54 Å². The SMILES string of the molecule is CCNCCN(Cc1cccs1)C1CC1. The first-order chi connectivity index (χ1) is 7.40. The van der Waals surface area contributed by atoms with E-state index >= 15 is 0 Å². The van der Waals surface area contributed by atoms with Crippen LogP contribution in [0.4, 0.5) is 0 Å². The zero-order valence-electron chi connectivity index (χ0n) is 9.41. The molecular weight excluding hydrogens is 204 g/mol. The minimum Gasteiger partial charge on any atom is -0.316 e. The molecule has 0 radical (unpaired) electrons. The Hall–Kier alpha value is -0.380. The monoisotopic (exact) mass is 224 g/mol. The fourth-order valence-corrected chi connectivity index (χ4v) is 2.56. The molecule has 15 heavy (non-hydrogen) atoms. The minimum atomic E-state index is 0.866. The van der Waals surface area contributed by atoms with Crippen molar-refractivity contribution in [2.24, 2.45) is 0 Å². The van der Waals surface area contributed by atoms with Gasteiger partial charge in [-0.3, -0.25) is 4.90 Å². The first kappa shape index (κ1) is 11.1. The van der Waals surface area contributed by atoms with E-state index in [0.717, 1.165) is 25.7 Å². The summed E-state index contributed by atoms with van der Waals surface area (Å²) in [4.78, 5) is 4.12. The van der Waals surface area contributed by atoms with Crippen molar-refractivity contribution >= 4 is 11.3 Å². The Labute approximate surface area is 96.3 Å². The molecule has 2 rings (SSSR count). The summed E-state index contributed by atoms with van der Waals surface area (Å²) < 4.78 is 0. The van der Waals surface area contributed by atoms with Gasteiger partial charge < -0.3 is 5.32 Å². The van der Waals surface area contributed by atoms with Crippen LogP contribution in [0.15, 0.2) is 17.5 Å². The van der Waals surface area contributed by atoms with Crippen LogP contribution in [0.5, 0.6) is 0 Å². The molecule has 0 bridgehead atoms. The number of rotatable bonds is 7. The number of likely N-dealkylation sites (N-methyl/N-ethyl adjacent to an activating group) is 1. The molecule has 1 aliphatic carbocycles. The zero-order valence-corrected chi connectivity index (χ0v) is 10.2. The molecule has 0 amide bonds. The topological polar surface area (TPSA) is 15.3 Å². The quantitative estimate of drug-likeness (QED) is 0.715. The van der Waals surface area contributed by atoms with E-state index in [2.05, 4.69) is 34.7 Å². The van der Waals surface area contributed by atoms with Crippen LogP contribution in [0, 0.1) is 0 Å². The Bertz CT molecular complexity index is 267. The highest BCUT2D eigenvalue weighted by Gasteiger charge is 2.28. The lowest BCUT2D eigenvalue weighted by atomic mass is 10.4. The smallest absolute Gasteiger partial charge is 0.0331 e. The number of thiophene rings is 1. The van der Waals surface area contributed by atoms with E-state index in [9.17, 15) is 0 Å². The molecule has 0 unspecified atom stereocenters. The summed E-state index contributed by atoms with van der Waals surface area (Å²) in [5.74, 6) is 0. The van der Waals surface area contributed by atoms with Crippen LogP contribution in [-0.4, -0.2) is 30.6 Å². The van der Waals surface area contributed by atoms with E-state index in [1.54, 1.807) is 0 Å². The molecule has 1 fully saturated rings. The minimum absolute atomic E-state index is 0.866. The van der Waals surface area contributed by atoms with Crippen LogP contribution in [0.25, 0.3) is 0 Å². The van der Waals surface area contributed by atoms with Gasteiger partial charge in [-0.25, -0.2) is 0 Å². The summed E-state index contributed by atoms with van der Waals surface area (Å²) in [6.45, 7) is 6.71. The highest BCUT2D eigenvalue weighted by atomic mass is 32.1. The highest BCUT2D eigenvalue weighted by molar-refractivity contribution is 7.09. The van der Waals surface area contributed by atoms with Gasteiger partial charge in [0.1, 0.15) is 0 Å². The second kappa shape index (κ2) is 5.64. The van der Waals surface area contributed by atoms with Crippen LogP contribution in [0.2, 0.25) is 0 Å².